The molecule has 0 spiro atoms. The molecule has 0 bridgehead atoms. The van der Waals surface area contributed by atoms with Crippen molar-refractivity contribution in [1.82, 2.24) is 10.3 Å². The van der Waals surface area contributed by atoms with Crippen molar-refractivity contribution in [1.29, 1.82) is 0 Å². The Hall–Kier alpha value is -1.90. The quantitative estimate of drug-likeness (QED) is 0.776. The minimum atomic E-state index is 0.765. The molecule has 3 rings (SSSR count). The molecular formula is C17H15ClN2. The molecule has 1 N–H and O–H groups in total. The fraction of sp³-hybridized carbons (Fsp3) is 0.118. The highest BCUT2D eigenvalue weighted by atomic mass is 35.5. The predicted octanol–water partition coefficient (Wildman–Crippen LogP) is 4.18. The van der Waals surface area contributed by atoms with E-state index in [1.165, 1.54) is 16.3 Å². The van der Waals surface area contributed by atoms with Crippen molar-refractivity contribution < 1.29 is 0 Å². The molecule has 0 unspecified atom stereocenters. The highest BCUT2D eigenvalue weighted by Crippen LogP contribution is 2.18. The monoisotopic (exact) mass is 282 g/mol. The molecule has 0 aliphatic carbocycles. The number of nitrogens with zero attached hydrogens (tertiary/aromatic N) is 1. The van der Waals surface area contributed by atoms with Gasteiger partial charge in [0.1, 0.15) is 0 Å². The van der Waals surface area contributed by atoms with Gasteiger partial charge >= 0.3 is 0 Å². The topological polar surface area (TPSA) is 24.9 Å². The molecule has 0 radical (unpaired) electrons. The molecule has 100 valence electrons. The molecule has 0 atom stereocenters. The summed E-state index contributed by atoms with van der Waals surface area (Å²) in [5.41, 5.74) is 2.40. The molecule has 2 aromatic carbocycles. The molecule has 0 saturated carbocycles. The van der Waals surface area contributed by atoms with E-state index in [1.54, 1.807) is 0 Å². The minimum absolute atomic E-state index is 0.765. The number of nitrogens with one attached hydrogen (secondary N) is 1. The van der Waals surface area contributed by atoms with E-state index in [0.29, 0.717) is 0 Å². The second-order valence-electron chi connectivity index (χ2n) is 4.71. The van der Waals surface area contributed by atoms with Crippen LogP contribution in [0.5, 0.6) is 0 Å². The SMILES string of the molecule is Clc1ccccc1CNCc1cccc2cnccc12. The lowest BCUT2D eigenvalue weighted by Gasteiger charge is -2.09. The Morgan fingerprint density at radius 2 is 1.70 bits per heavy atom. The summed E-state index contributed by atoms with van der Waals surface area (Å²) in [7, 11) is 0. The van der Waals surface area contributed by atoms with Gasteiger partial charge in [-0.2, -0.15) is 0 Å². The third-order valence-corrected chi connectivity index (χ3v) is 3.73. The van der Waals surface area contributed by atoms with Crippen molar-refractivity contribution in [3.8, 4) is 0 Å². The lowest BCUT2D eigenvalue weighted by atomic mass is 10.1. The van der Waals surface area contributed by atoms with Crippen molar-refractivity contribution in [3.63, 3.8) is 0 Å². The molecule has 0 fully saturated rings. The van der Waals surface area contributed by atoms with Crippen molar-refractivity contribution in [2.45, 2.75) is 13.1 Å². The van der Waals surface area contributed by atoms with Gasteiger partial charge < -0.3 is 5.32 Å². The van der Waals surface area contributed by atoms with Crippen LogP contribution in [0.4, 0.5) is 0 Å². The van der Waals surface area contributed by atoms with Crippen LogP contribution in [0.2, 0.25) is 5.02 Å². The lowest BCUT2D eigenvalue weighted by molar-refractivity contribution is 0.697. The normalized spacial score (nSPS) is 10.8. The summed E-state index contributed by atoms with van der Waals surface area (Å²) in [6.45, 7) is 1.58. The van der Waals surface area contributed by atoms with E-state index in [1.807, 2.05) is 36.7 Å². The van der Waals surface area contributed by atoms with Gasteiger partial charge in [0.05, 0.1) is 0 Å². The Balaban J connectivity index is 1.73. The lowest BCUT2D eigenvalue weighted by Crippen LogP contribution is -2.13. The minimum Gasteiger partial charge on any atom is -0.309 e. The van der Waals surface area contributed by atoms with Crippen molar-refractivity contribution in [2.24, 2.45) is 0 Å². The number of aromatic nitrogens is 1. The van der Waals surface area contributed by atoms with E-state index in [4.69, 9.17) is 11.6 Å². The number of fused-ring (bicyclic) bond motifs is 1. The van der Waals surface area contributed by atoms with Gasteiger partial charge in [0.2, 0.25) is 0 Å². The molecule has 0 aliphatic heterocycles. The van der Waals surface area contributed by atoms with Gasteiger partial charge in [-0.15, -0.1) is 0 Å². The molecule has 0 amide bonds. The number of benzene rings is 2. The summed E-state index contributed by atoms with van der Waals surface area (Å²) >= 11 is 6.15. The smallest absolute Gasteiger partial charge is 0.0450 e. The summed E-state index contributed by atoms with van der Waals surface area (Å²) in [5.74, 6) is 0. The van der Waals surface area contributed by atoms with Crippen LogP contribution in [-0.2, 0) is 13.1 Å². The maximum absolute atomic E-state index is 6.15. The summed E-state index contributed by atoms with van der Waals surface area (Å²) in [5, 5.41) is 6.67. The van der Waals surface area contributed by atoms with Crippen molar-refractivity contribution in [2.75, 3.05) is 0 Å². The Morgan fingerprint density at radius 3 is 2.60 bits per heavy atom. The average molecular weight is 283 g/mol. The molecule has 1 aromatic heterocycles. The molecule has 0 saturated heterocycles. The maximum Gasteiger partial charge on any atom is 0.0450 e. The predicted molar refractivity (Wildman–Crippen MR) is 83.7 cm³/mol. The second-order valence-corrected chi connectivity index (χ2v) is 5.12. The summed E-state index contributed by atoms with van der Waals surface area (Å²) < 4.78 is 0. The molecular weight excluding hydrogens is 268 g/mol. The first-order chi connectivity index (χ1) is 9.84. The largest absolute Gasteiger partial charge is 0.309 e. The second kappa shape index (κ2) is 6.04. The molecule has 1 heterocycles. The van der Waals surface area contributed by atoms with Gasteiger partial charge in [0, 0.05) is 35.9 Å². The highest BCUT2D eigenvalue weighted by molar-refractivity contribution is 6.31. The van der Waals surface area contributed by atoms with Gasteiger partial charge in [0.25, 0.3) is 0 Å². The van der Waals surface area contributed by atoms with Gasteiger partial charge in [0.15, 0.2) is 0 Å². The van der Waals surface area contributed by atoms with Crippen molar-refractivity contribution in [3.05, 3.63) is 77.1 Å². The van der Waals surface area contributed by atoms with Crippen LogP contribution < -0.4 is 5.32 Å². The zero-order valence-corrected chi connectivity index (χ0v) is 11.8. The van der Waals surface area contributed by atoms with E-state index in [9.17, 15) is 0 Å². The standard InChI is InChI=1S/C17H15ClN2/c18-17-7-2-1-4-15(17)12-20-11-14-6-3-5-13-10-19-9-8-16(13)14/h1-10,20H,11-12H2. The number of pyridine rings is 1. The summed E-state index contributed by atoms with van der Waals surface area (Å²) in [6, 6.07) is 16.3. The van der Waals surface area contributed by atoms with Gasteiger partial charge in [-0.05, 0) is 28.6 Å². The van der Waals surface area contributed by atoms with Crippen LogP contribution in [0.3, 0.4) is 0 Å². The van der Waals surface area contributed by atoms with Crippen molar-refractivity contribution >= 4 is 22.4 Å². The maximum atomic E-state index is 6.15. The number of hydrogen-bond acceptors (Lipinski definition) is 2. The molecule has 0 aliphatic rings. The zero-order valence-electron chi connectivity index (χ0n) is 11.0. The number of halogens is 1. The van der Waals surface area contributed by atoms with E-state index < -0.39 is 0 Å². The van der Waals surface area contributed by atoms with E-state index in [0.717, 1.165) is 23.7 Å². The summed E-state index contributed by atoms with van der Waals surface area (Å²) in [6.07, 6.45) is 3.73. The van der Waals surface area contributed by atoms with Gasteiger partial charge in [-0.3, -0.25) is 4.98 Å². The summed E-state index contributed by atoms with van der Waals surface area (Å²) in [4.78, 5) is 4.16. The first kappa shape index (κ1) is 13.1. The zero-order chi connectivity index (χ0) is 13.8. The Kier molecular flexibility index (Phi) is 3.95. The molecule has 2 nitrogen and oxygen atoms in total. The fourth-order valence-corrected chi connectivity index (χ4v) is 2.52. The molecule has 3 aromatic rings. The Morgan fingerprint density at radius 1 is 0.900 bits per heavy atom. The highest BCUT2D eigenvalue weighted by Gasteiger charge is 2.02. The van der Waals surface area contributed by atoms with Crippen LogP contribution in [0.15, 0.2) is 60.9 Å². The number of hydrogen-bond donors (Lipinski definition) is 1. The van der Waals surface area contributed by atoms with E-state index in [-0.39, 0.29) is 0 Å². The van der Waals surface area contributed by atoms with Gasteiger partial charge in [-0.25, -0.2) is 0 Å². The molecule has 20 heavy (non-hydrogen) atoms. The van der Waals surface area contributed by atoms with Crippen LogP contribution in [0.1, 0.15) is 11.1 Å². The number of rotatable bonds is 4. The van der Waals surface area contributed by atoms with Crippen LogP contribution in [0.25, 0.3) is 10.8 Å². The van der Waals surface area contributed by atoms with Crippen LogP contribution in [-0.4, -0.2) is 4.98 Å². The van der Waals surface area contributed by atoms with E-state index >= 15 is 0 Å². The Bertz CT molecular complexity index is 720. The van der Waals surface area contributed by atoms with Gasteiger partial charge in [-0.1, -0.05) is 48.0 Å². The average Bonchev–Trinajstić information content (AvgIpc) is 2.49. The first-order valence-electron chi connectivity index (χ1n) is 6.60. The molecule has 3 heteroatoms. The van der Waals surface area contributed by atoms with Crippen LogP contribution in [0, 0.1) is 0 Å². The first-order valence-corrected chi connectivity index (χ1v) is 6.98. The third-order valence-electron chi connectivity index (χ3n) is 3.36. The fourth-order valence-electron chi connectivity index (χ4n) is 2.32. The Labute approximate surface area is 123 Å². The third kappa shape index (κ3) is 2.82. The van der Waals surface area contributed by atoms with E-state index in [2.05, 4.69) is 34.6 Å². The van der Waals surface area contributed by atoms with Crippen LogP contribution >= 0.6 is 11.6 Å².